The fourth-order valence-electron chi connectivity index (χ4n) is 2.15. The number of hydrogen-bond acceptors (Lipinski definition) is 2. The number of nitrogens with zero attached hydrogens (tertiary/aromatic N) is 2. The van der Waals surface area contributed by atoms with Crippen molar-refractivity contribution < 1.29 is 4.79 Å². The van der Waals surface area contributed by atoms with Crippen LogP contribution >= 0.6 is 22.6 Å². The van der Waals surface area contributed by atoms with Gasteiger partial charge in [-0.15, -0.1) is 0 Å². The van der Waals surface area contributed by atoms with Crippen LogP contribution in [-0.4, -0.2) is 32.1 Å². The van der Waals surface area contributed by atoms with Gasteiger partial charge in [0.05, 0.1) is 6.54 Å². The van der Waals surface area contributed by atoms with E-state index in [9.17, 15) is 4.79 Å². The van der Waals surface area contributed by atoms with E-state index in [0.29, 0.717) is 0 Å². The van der Waals surface area contributed by atoms with Crippen molar-refractivity contribution in [1.82, 2.24) is 14.8 Å². The zero-order valence-corrected chi connectivity index (χ0v) is 9.69. The number of alkyl halides is 1. The number of rotatable bonds is 0. The molecule has 1 fully saturated rings. The molecule has 5 heteroatoms. The van der Waals surface area contributed by atoms with Gasteiger partial charge in [0.1, 0.15) is 5.69 Å². The van der Waals surface area contributed by atoms with Crippen LogP contribution in [-0.2, 0) is 6.54 Å². The highest BCUT2D eigenvalue weighted by molar-refractivity contribution is 14.1. The van der Waals surface area contributed by atoms with Gasteiger partial charge < -0.3 is 9.47 Å². The molecule has 0 aromatic carbocycles. The summed E-state index contributed by atoms with van der Waals surface area (Å²) in [6, 6.07) is 3.81. The van der Waals surface area contributed by atoms with E-state index in [1.54, 1.807) is 0 Å². The van der Waals surface area contributed by atoms with Crippen LogP contribution in [0.3, 0.4) is 0 Å². The van der Waals surface area contributed by atoms with Crippen molar-refractivity contribution in [3.8, 4) is 0 Å². The molecule has 1 amide bonds. The minimum Gasteiger partial charge on any atom is -0.339 e. The van der Waals surface area contributed by atoms with Crippen LogP contribution in [0.2, 0.25) is 0 Å². The van der Waals surface area contributed by atoms with Gasteiger partial charge in [0.2, 0.25) is 0 Å². The van der Waals surface area contributed by atoms with Gasteiger partial charge in [-0.1, -0.05) is 0 Å². The van der Waals surface area contributed by atoms with Gasteiger partial charge in [0.15, 0.2) is 3.67 Å². The summed E-state index contributed by atoms with van der Waals surface area (Å²) in [5.74, 6) is 0.139. The van der Waals surface area contributed by atoms with Gasteiger partial charge >= 0.3 is 0 Å². The van der Waals surface area contributed by atoms with Crippen molar-refractivity contribution in [1.29, 1.82) is 0 Å². The predicted molar refractivity (Wildman–Crippen MR) is 60.2 cm³/mol. The molecule has 0 bridgehead atoms. The first-order valence-corrected chi connectivity index (χ1v) is 5.70. The minimum absolute atomic E-state index is 0.139. The molecule has 1 N–H and O–H groups in total. The molecule has 74 valence electrons. The Morgan fingerprint density at radius 3 is 3.29 bits per heavy atom. The lowest BCUT2D eigenvalue weighted by atomic mass is 10.2. The maximum atomic E-state index is 12.0. The van der Waals surface area contributed by atoms with Crippen molar-refractivity contribution in [3.63, 3.8) is 0 Å². The standard InChI is InChI=1S/C9H10IN3O/c10-9-6-12-4-1-2-7(12)8(14)13(9)5-3-11-9/h1-2,4,11H,3,5-6H2. The zero-order chi connectivity index (χ0) is 9.76. The smallest absolute Gasteiger partial charge is 0.272 e. The van der Waals surface area contributed by atoms with E-state index in [-0.39, 0.29) is 9.58 Å². The van der Waals surface area contributed by atoms with E-state index in [2.05, 4.69) is 27.9 Å². The lowest BCUT2D eigenvalue weighted by Gasteiger charge is -2.38. The molecule has 0 saturated carbocycles. The van der Waals surface area contributed by atoms with Crippen LogP contribution in [0.15, 0.2) is 18.3 Å². The van der Waals surface area contributed by atoms with Crippen LogP contribution in [0.1, 0.15) is 10.5 Å². The summed E-state index contributed by atoms with van der Waals surface area (Å²) in [5, 5.41) is 3.37. The molecule has 2 aliphatic heterocycles. The molecule has 1 saturated heterocycles. The Bertz CT molecular complexity index is 403. The van der Waals surface area contributed by atoms with Gasteiger partial charge in [-0.3, -0.25) is 10.1 Å². The van der Waals surface area contributed by atoms with Crippen molar-refractivity contribution in [2.45, 2.75) is 10.2 Å². The summed E-state index contributed by atoms with van der Waals surface area (Å²) < 4.78 is 1.81. The molecular weight excluding hydrogens is 293 g/mol. The largest absolute Gasteiger partial charge is 0.339 e. The normalized spacial score (nSPS) is 30.4. The maximum absolute atomic E-state index is 12.0. The van der Waals surface area contributed by atoms with Gasteiger partial charge in [0, 0.05) is 19.3 Å². The number of halogens is 1. The second-order valence-electron chi connectivity index (χ2n) is 3.66. The quantitative estimate of drug-likeness (QED) is 0.434. The second kappa shape index (κ2) is 2.73. The zero-order valence-electron chi connectivity index (χ0n) is 7.53. The van der Waals surface area contributed by atoms with Crippen molar-refractivity contribution in [2.75, 3.05) is 13.1 Å². The van der Waals surface area contributed by atoms with Gasteiger partial charge in [-0.25, -0.2) is 0 Å². The summed E-state index contributed by atoms with van der Waals surface area (Å²) in [7, 11) is 0. The Morgan fingerprint density at radius 2 is 2.43 bits per heavy atom. The molecule has 0 spiro atoms. The Balaban J connectivity index is 2.12. The third-order valence-electron chi connectivity index (χ3n) is 2.83. The number of carbonyl (C=O) groups excluding carboxylic acids is 1. The highest BCUT2D eigenvalue weighted by Crippen LogP contribution is 2.32. The second-order valence-corrected chi connectivity index (χ2v) is 5.45. The maximum Gasteiger partial charge on any atom is 0.272 e. The lowest BCUT2D eigenvalue weighted by Crippen LogP contribution is -2.55. The molecule has 4 nitrogen and oxygen atoms in total. The van der Waals surface area contributed by atoms with E-state index in [0.717, 1.165) is 25.3 Å². The van der Waals surface area contributed by atoms with Crippen molar-refractivity contribution in [3.05, 3.63) is 24.0 Å². The molecule has 2 aliphatic rings. The molecule has 14 heavy (non-hydrogen) atoms. The summed E-state index contributed by atoms with van der Waals surface area (Å²) >= 11 is 2.33. The first-order valence-electron chi connectivity index (χ1n) is 4.62. The van der Waals surface area contributed by atoms with Gasteiger partial charge in [-0.2, -0.15) is 0 Å². The van der Waals surface area contributed by atoms with Crippen LogP contribution in [0.5, 0.6) is 0 Å². The van der Waals surface area contributed by atoms with E-state index in [1.165, 1.54) is 0 Å². The van der Waals surface area contributed by atoms with E-state index in [1.807, 2.05) is 27.8 Å². The molecule has 3 rings (SSSR count). The molecule has 1 aromatic heterocycles. The van der Waals surface area contributed by atoms with Crippen LogP contribution < -0.4 is 5.32 Å². The van der Waals surface area contributed by atoms with E-state index < -0.39 is 0 Å². The summed E-state index contributed by atoms with van der Waals surface area (Å²) in [6.07, 6.45) is 1.96. The van der Waals surface area contributed by atoms with E-state index >= 15 is 0 Å². The number of amides is 1. The minimum atomic E-state index is -0.207. The fraction of sp³-hybridized carbons (Fsp3) is 0.444. The van der Waals surface area contributed by atoms with Crippen molar-refractivity contribution >= 4 is 28.5 Å². The Morgan fingerprint density at radius 1 is 1.57 bits per heavy atom. The van der Waals surface area contributed by atoms with Gasteiger partial charge in [-0.05, 0) is 34.7 Å². The predicted octanol–water partition coefficient (Wildman–Crippen LogP) is 0.636. The number of carbonyl (C=O) groups is 1. The fourth-order valence-corrected chi connectivity index (χ4v) is 3.24. The Kier molecular flexibility index (Phi) is 1.70. The summed E-state index contributed by atoms with van der Waals surface area (Å²) in [6.45, 7) is 2.54. The number of fused-ring (bicyclic) bond motifs is 2. The first kappa shape index (κ1) is 8.72. The Hall–Kier alpha value is -0.560. The third-order valence-corrected chi connectivity index (χ3v) is 4.14. The Labute approximate surface area is 95.4 Å². The summed E-state index contributed by atoms with van der Waals surface area (Å²) in [5.41, 5.74) is 0.806. The third kappa shape index (κ3) is 0.993. The molecule has 1 unspecified atom stereocenters. The highest BCUT2D eigenvalue weighted by Gasteiger charge is 2.45. The molecule has 0 radical (unpaired) electrons. The lowest BCUT2D eigenvalue weighted by molar-refractivity contribution is 0.0635. The molecule has 3 heterocycles. The SMILES string of the molecule is O=C1c2cccn2CC2(I)NCCN12. The monoisotopic (exact) mass is 303 g/mol. The molecule has 1 atom stereocenters. The van der Waals surface area contributed by atoms with Crippen LogP contribution in [0.25, 0.3) is 0 Å². The molecule has 0 aliphatic carbocycles. The topological polar surface area (TPSA) is 37.3 Å². The highest BCUT2D eigenvalue weighted by atomic mass is 127. The number of aromatic nitrogens is 1. The van der Waals surface area contributed by atoms with Crippen molar-refractivity contribution in [2.24, 2.45) is 0 Å². The van der Waals surface area contributed by atoms with E-state index in [4.69, 9.17) is 0 Å². The average Bonchev–Trinajstić information content (AvgIpc) is 2.70. The van der Waals surface area contributed by atoms with Crippen LogP contribution in [0.4, 0.5) is 0 Å². The van der Waals surface area contributed by atoms with Crippen LogP contribution in [0, 0.1) is 0 Å². The summed E-state index contributed by atoms with van der Waals surface area (Å²) in [4.78, 5) is 13.9. The molecular formula is C9H10IN3O. The molecule has 1 aromatic rings. The number of hydrogen-bond donors (Lipinski definition) is 1. The van der Waals surface area contributed by atoms with Gasteiger partial charge in [0.25, 0.3) is 5.91 Å². The average molecular weight is 303 g/mol. The number of nitrogens with one attached hydrogen (secondary N) is 1. The first-order chi connectivity index (χ1) is 6.71.